The lowest BCUT2D eigenvalue weighted by atomic mass is 10.2. The summed E-state index contributed by atoms with van der Waals surface area (Å²) < 4.78 is 0. The van der Waals surface area contributed by atoms with Crippen molar-refractivity contribution in [3.05, 3.63) is 29.1 Å². The minimum absolute atomic E-state index is 0.169. The maximum atomic E-state index is 11.7. The first-order valence-corrected chi connectivity index (χ1v) is 5.39. The van der Waals surface area contributed by atoms with E-state index in [1.54, 1.807) is 6.20 Å². The molecule has 0 unspecified atom stereocenters. The predicted molar refractivity (Wildman–Crippen MR) is 60.3 cm³/mol. The molecule has 2 aromatic rings. The third kappa shape index (κ3) is 2.49. The molecule has 0 aromatic carbocycles. The van der Waals surface area contributed by atoms with Crippen LogP contribution in [0.1, 0.15) is 34.6 Å². The van der Waals surface area contributed by atoms with Gasteiger partial charge in [0.2, 0.25) is 5.82 Å². The minimum atomic E-state index is -0.290. The number of rotatable bonds is 4. The van der Waals surface area contributed by atoms with Crippen LogP contribution in [-0.2, 0) is 13.0 Å². The Morgan fingerprint density at radius 3 is 2.88 bits per heavy atom. The molecule has 90 valence electrons. The Morgan fingerprint density at radius 1 is 1.47 bits per heavy atom. The van der Waals surface area contributed by atoms with Gasteiger partial charge in [0.25, 0.3) is 5.91 Å². The summed E-state index contributed by atoms with van der Waals surface area (Å²) in [6.45, 7) is 4.25. The summed E-state index contributed by atoms with van der Waals surface area (Å²) in [5.74, 6) is 0.583. The van der Waals surface area contributed by atoms with E-state index in [1.807, 2.05) is 13.8 Å². The molecular formula is C10H14N6O. The molecule has 0 atom stereocenters. The highest BCUT2D eigenvalue weighted by Gasteiger charge is 2.12. The van der Waals surface area contributed by atoms with Gasteiger partial charge in [0.05, 0.1) is 6.20 Å². The zero-order valence-corrected chi connectivity index (χ0v) is 9.74. The fourth-order valence-corrected chi connectivity index (χ4v) is 1.36. The van der Waals surface area contributed by atoms with Gasteiger partial charge in [-0.05, 0) is 6.92 Å². The molecule has 2 aromatic heterocycles. The number of nitrogens with one attached hydrogen (secondary N) is 3. The van der Waals surface area contributed by atoms with Crippen molar-refractivity contribution in [2.75, 3.05) is 0 Å². The van der Waals surface area contributed by atoms with Crippen molar-refractivity contribution < 1.29 is 4.79 Å². The molecule has 0 radical (unpaired) electrons. The lowest BCUT2D eigenvalue weighted by molar-refractivity contribution is 0.0941. The van der Waals surface area contributed by atoms with E-state index in [4.69, 9.17) is 0 Å². The largest absolute Gasteiger partial charge is 0.345 e. The Hall–Kier alpha value is -2.18. The molecule has 3 N–H and O–H groups in total. The molecule has 0 saturated heterocycles. The average Bonchev–Trinajstić information content (AvgIpc) is 2.94. The van der Waals surface area contributed by atoms with Gasteiger partial charge in [0.1, 0.15) is 5.82 Å². The maximum absolute atomic E-state index is 11.7. The van der Waals surface area contributed by atoms with E-state index >= 15 is 0 Å². The first kappa shape index (κ1) is 11.3. The van der Waals surface area contributed by atoms with Crippen LogP contribution in [0.4, 0.5) is 0 Å². The quantitative estimate of drug-likeness (QED) is 0.709. The first-order valence-electron chi connectivity index (χ1n) is 5.39. The standard InChI is InChI=1S/C10H14N6O/c1-3-8-13-9(16-15-8)10(17)11-4-7-5-12-14-6(7)2/h5H,3-4H2,1-2H3,(H,11,17)(H,12,14)(H,13,15,16). The van der Waals surface area contributed by atoms with Crippen LogP contribution < -0.4 is 5.32 Å². The van der Waals surface area contributed by atoms with Gasteiger partial charge in [-0.15, -0.1) is 5.10 Å². The fourth-order valence-electron chi connectivity index (χ4n) is 1.36. The van der Waals surface area contributed by atoms with Crippen molar-refractivity contribution in [3.8, 4) is 0 Å². The summed E-state index contributed by atoms with van der Waals surface area (Å²) in [5.41, 5.74) is 1.89. The number of amides is 1. The summed E-state index contributed by atoms with van der Waals surface area (Å²) in [6, 6.07) is 0. The van der Waals surface area contributed by atoms with E-state index in [9.17, 15) is 4.79 Å². The van der Waals surface area contributed by atoms with Gasteiger partial charge in [-0.2, -0.15) is 5.10 Å². The van der Waals surface area contributed by atoms with E-state index < -0.39 is 0 Å². The number of carbonyl (C=O) groups excluding carboxylic acids is 1. The third-order valence-electron chi connectivity index (χ3n) is 2.44. The van der Waals surface area contributed by atoms with Gasteiger partial charge >= 0.3 is 0 Å². The molecule has 0 aliphatic rings. The van der Waals surface area contributed by atoms with E-state index in [-0.39, 0.29) is 11.7 Å². The van der Waals surface area contributed by atoms with E-state index in [0.29, 0.717) is 12.4 Å². The zero-order chi connectivity index (χ0) is 12.3. The Labute approximate surface area is 98.0 Å². The number of carbonyl (C=O) groups is 1. The maximum Gasteiger partial charge on any atom is 0.291 e. The van der Waals surface area contributed by atoms with Crippen LogP contribution in [-0.4, -0.2) is 31.3 Å². The number of nitrogens with zero attached hydrogens (tertiary/aromatic N) is 3. The van der Waals surface area contributed by atoms with Crippen molar-refractivity contribution in [2.24, 2.45) is 0 Å². The predicted octanol–water partition coefficient (Wildman–Crippen LogP) is 0.329. The molecule has 7 nitrogen and oxygen atoms in total. The number of aryl methyl sites for hydroxylation is 2. The summed E-state index contributed by atoms with van der Waals surface area (Å²) in [7, 11) is 0. The van der Waals surface area contributed by atoms with Gasteiger partial charge < -0.3 is 5.32 Å². The Bertz CT molecular complexity index is 514. The molecule has 0 spiro atoms. The van der Waals surface area contributed by atoms with Crippen LogP contribution in [0.3, 0.4) is 0 Å². The summed E-state index contributed by atoms with van der Waals surface area (Å²) in [4.78, 5) is 15.7. The number of aromatic nitrogens is 5. The Kier molecular flexibility index (Phi) is 3.17. The van der Waals surface area contributed by atoms with E-state index in [0.717, 1.165) is 17.7 Å². The van der Waals surface area contributed by atoms with Crippen molar-refractivity contribution >= 4 is 5.91 Å². The van der Waals surface area contributed by atoms with Gasteiger partial charge in [-0.25, -0.2) is 4.98 Å². The summed E-state index contributed by atoms with van der Waals surface area (Å²) >= 11 is 0. The molecule has 2 rings (SSSR count). The topological polar surface area (TPSA) is 99.3 Å². The van der Waals surface area contributed by atoms with Gasteiger partial charge in [-0.3, -0.25) is 15.0 Å². The Balaban J connectivity index is 1.95. The number of aromatic amines is 2. The van der Waals surface area contributed by atoms with E-state index in [2.05, 4.69) is 30.7 Å². The highest BCUT2D eigenvalue weighted by Crippen LogP contribution is 2.02. The molecular weight excluding hydrogens is 220 g/mol. The zero-order valence-electron chi connectivity index (χ0n) is 9.74. The SMILES string of the molecule is CCc1nc(C(=O)NCc2cn[nH]c2C)n[nH]1. The Morgan fingerprint density at radius 2 is 2.29 bits per heavy atom. The minimum Gasteiger partial charge on any atom is -0.345 e. The normalized spacial score (nSPS) is 10.5. The smallest absolute Gasteiger partial charge is 0.291 e. The van der Waals surface area contributed by atoms with Crippen LogP contribution in [0.15, 0.2) is 6.20 Å². The van der Waals surface area contributed by atoms with Crippen LogP contribution in [0.5, 0.6) is 0 Å². The van der Waals surface area contributed by atoms with Gasteiger partial charge in [-0.1, -0.05) is 6.92 Å². The van der Waals surface area contributed by atoms with Crippen molar-refractivity contribution in [1.29, 1.82) is 0 Å². The second kappa shape index (κ2) is 4.77. The van der Waals surface area contributed by atoms with Crippen molar-refractivity contribution in [3.63, 3.8) is 0 Å². The van der Waals surface area contributed by atoms with Crippen LogP contribution in [0.25, 0.3) is 0 Å². The van der Waals surface area contributed by atoms with Crippen LogP contribution >= 0.6 is 0 Å². The highest BCUT2D eigenvalue weighted by atomic mass is 16.2. The highest BCUT2D eigenvalue weighted by molar-refractivity contribution is 5.90. The van der Waals surface area contributed by atoms with Crippen LogP contribution in [0.2, 0.25) is 0 Å². The lowest BCUT2D eigenvalue weighted by Crippen LogP contribution is -2.24. The first-order chi connectivity index (χ1) is 8.20. The molecule has 0 bridgehead atoms. The third-order valence-corrected chi connectivity index (χ3v) is 2.44. The summed E-state index contributed by atoms with van der Waals surface area (Å²) in [5, 5.41) is 16.0. The molecule has 0 fully saturated rings. The molecule has 7 heteroatoms. The summed E-state index contributed by atoms with van der Waals surface area (Å²) in [6.07, 6.45) is 2.41. The van der Waals surface area contributed by atoms with Crippen LogP contribution in [0, 0.1) is 6.92 Å². The molecule has 17 heavy (non-hydrogen) atoms. The molecule has 1 amide bonds. The molecule has 0 aliphatic heterocycles. The number of H-pyrrole nitrogens is 2. The van der Waals surface area contributed by atoms with Gasteiger partial charge in [0, 0.05) is 24.2 Å². The number of hydrogen-bond donors (Lipinski definition) is 3. The second-order valence-electron chi connectivity index (χ2n) is 3.66. The van der Waals surface area contributed by atoms with Gasteiger partial charge in [0.15, 0.2) is 0 Å². The monoisotopic (exact) mass is 234 g/mol. The van der Waals surface area contributed by atoms with E-state index in [1.165, 1.54) is 0 Å². The molecule has 2 heterocycles. The van der Waals surface area contributed by atoms with Crippen molar-refractivity contribution in [1.82, 2.24) is 30.7 Å². The molecule has 0 saturated carbocycles. The fraction of sp³-hybridized carbons (Fsp3) is 0.400. The average molecular weight is 234 g/mol. The second-order valence-corrected chi connectivity index (χ2v) is 3.66. The number of hydrogen-bond acceptors (Lipinski definition) is 4. The lowest BCUT2D eigenvalue weighted by Gasteiger charge is -2.00. The molecule has 0 aliphatic carbocycles. The van der Waals surface area contributed by atoms with Crippen molar-refractivity contribution in [2.45, 2.75) is 26.8 Å².